The number of rotatable bonds is 1. The second-order valence-electron chi connectivity index (χ2n) is 5.42. The smallest absolute Gasteiger partial charge is 0.264 e. The van der Waals surface area contributed by atoms with Crippen LogP contribution in [0.15, 0.2) is 11.8 Å². The van der Waals surface area contributed by atoms with Crippen LogP contribution in [0.25, 0.3) is 0 Å². The highest BCUT2D eigenvalue weighted by Crippen LogP contribution is 2.27. The molecule has 4 nitrogen and oxygen atoms in total. The summed E-state index contributed by atoms with van der Waals surface area (Å²) in [6.07, 6.45) is 8.57. The van der Waals surface area contributed by atoms with Crippen LogP contribution in [-0.2, 0) is 9.53 Å². The van der Waals surface area contributed by atoms with Crippen molar-refractivity contribution in [2.45, 2.75) is 18.9 Å². The van der Waals surface area contributed by atoms with Gasteiger partial charge < -0.3 is 15.0 Å². The zero-order valence-corrected chi connectivity index (χ0v) is 10.4. The minimum atomic E-state index is -0.386. The number of hydrogen-bond donors (Lipinski definition) is 1. The number of terminal acetylenes is 1. The summed E-state index contributed by atoms with van der Waals surface area (Å²) < 4.78 is 5.47. The van der Waals surface area contributed by atoms with Crippen molar-refractivity contribution in [3.05, 3.63) is 11.8 Å². The van der Waals surface area contributed by atoms with Crippen molar-refractivity contribution >= 4 is 5.91 Å². The first-order valence-electron chi connectivity index (χ1n) is 6.59. The highest BCUT2D eigenvalue weighted by Gasteiger charge is 2.36. The van der Waals surface area contributed by atoms with Gasteiger partial charge in [-0.25, -0.2) is 0 Å². The third kappa shape index (κ3) is 2.11. The average molecular weight is 246 g/mol. The lowest BCUT2D eigenvalue weighted by atomic mass is 9.85. The predicted molar refractivity (Wildman–Crippen MR) is 67.5 cm³/mol. The largest absolute Gasteiger partial charge is 0.472 e. The fourth-order valence-electron chi connectivity index (χ4n) is 3.20. The lowest BCUT2D eigenvalue weighted by Crippen LogP contribution is -2.54. The second-order valence-corrected chi connectivity index (χ2v) is 5.42. The molecule has 2 saturated heterocycles. The predicted octanol–water partition coefficient (Wildman–Crippen LogP) is 0.360. The molecule has 0 aromatic rings. The van der Waals surface area contributed by atoms with Gasteiger partial charge in [-0.15, -0.1) is 6.42 Å². The van der Waals surface area contributed by atoms with E-state index in [4.69, 9.17) is 11.2 Å². The molecule has 4 heteroatoms. The van der Waals surface area contributed by atoms with E-state index in [0.717, 1.165) is 26.2 Å². The molecule has 0 saturated carbocycles. The molecule has 0 aliphatic carbocycles. The topological polar surface area (TPSA) is 41.6 Å². The summed E-state index contributed by atoms with van der Waals surface area (Å²) in [6, 6.07) is 0. The Balaban J connectivity index is 1.62. The number of carbonyl (C=O) groups excluding carboxylic acids is 1. The van der Waals surface area contributed by atoms with Gasteiger partial charge in [0.05, 0.1) is 0 Å². The maximum Gasteiger partial charge on any atom is 0.264 e. The molecule has 0 aromatic carbocycles. The third-order valence-corrected chi connectivity index (χ3v) is 4.01. The fraction of sp³-hybridized carbons (Fsp3) is 0.643. The first kappa shape index (κ1) is 11.6. The zero-order valence-electron chi connectivity index (χ0n) is 10.4. The number of allylic oxidation sites excluding steroid dienone is 1. The van der Waals surface area contributed by atoms with Crippen LogP contribution in [0.4, 0.5) is 0 Å². The Labute approximate surface area is 107 Å². The number of amides is 1. The molecule has 3 unspecified atom stereocenters. The Morgan fingerprint density at radius 2 is 2.17 bits per heavy atom. The van der Waals surface area contributed by atoms with Crippen molar-refractivity contribution in [1.82, 2.24) is 10.2 Å². The minimum absolute atomic E-state index is 0.105. The average Bonchev–Trinajstić information content (AvgIpc) is 2.86. The van der Waals surface area contributed by atoms with E-state index in [-0.39, 0.29) is 12.0 Å². The number of nitrogens with zero attached hydrogens (tertiary/aromatic N) is 1. The minimum Gasteiger partial charge on any atom is -0.472 e. The Bertz CT molecular complexity index is 412. The van der Waals surface area contributed by atoms with E-state index in [0.29, 0.717) is 24.0 Å². The normalized spacial score (nSPS) is 34.5. The van der Waals surface area contributed by atoms with E-state index in [2.05, 4.69) is 11.2 Å². The summed E-state index contributed by atoms with van der Waals surface area (Å²) in [4.78, 5) is 14.3. The number of piperidine rings is 2. The van der Waals surface area contributed by atoms with Crippen molar-refractivity contribution in [2.24, 2.45) is 11.8 Å². The highest BCUT2D eigenvalue weighted by atomic mass is 16.5. The number of likely N-dealkylation sites (tertiary alicyclic amines) is 1. The van der Waals surface area contributed by atoms with Crippen molar-refractivity contribution in [1.29, 1.82) is 0 Å². The van der Waals surface area contributed by atoms with Gasteiger partial charge >= 0.3 is 0 Å². The molecule has 3 rings (SSSR count). The van der Waals surface area contributed by atoms with Gasteiger partial charge in [-0.2, -0.15) is 0 Å². The van der Waals surface area contributed by atoms with Crippen LogP contribution in [0.3, 0.4) is 0 Å². The van der Waals surface area contributed by atoms with Crippen molar-refractivity contribution in [3.63, 3.8) is 0 Å². The maximum atomic E-state index is 12.4. The van der Waals surface area contributed by atoms with Crippen molar-refractivity contribution < 1.29 is 9.53 Å². The summed E-state index contributed by atoms with van der Waals surface area (Å²) in [6.45, 7) is 3.76. The number of ether oxygens (including phenoxy) is 1. The molecule has 1 N–H and O–H groups in total. The van der Waals surface area contributed by atoms with Gasteiger partial charge in [0.2, 0.25) is 0 Å². The van der Waals surface area contributed by atoms with Crippen LogP contribution >= 0.6 is 0 Å². The molecule has 2 fully saturated rings. The maximum absolute atomic E-state index is 12.4. The van der Waals surface area contributed by atoms with E-state index in [1.165, 1.54) is 6.42 Å². The first-order valence-corrected chi connectivity index (χ1v) is 6.59. The molecule has 3 aliphatic heterocycles. The number of carbonyl (C=O) groups is 1. The van der Waals surface area contributed by atoms with Gasteiger partial charge in [0.1, 0.15) is 0 Å². The van der Waals surface area contributed by atoms with E-state index in [1.54, 1.807) is 0 Å². The van der Waals surface area contributed by atoms with Gasteiger partial charge in [-0.3, -0.25) is 4.79 Å². The van der Waals surface area contributed by atoms with Gasteiger partial charge in [0.25, 0.3) is 5.91 Å². The second kappa shape index (κ2) is 4.66. The zero-order chi connectivity index (χ0) is 12.5. The molecule has 0 aromatic heterocycles. The molecule has 3 atom stereocenters. The molecule has 0 spiro atoms. The Morgan fingerprint density at radius 3 is 2.78 bits per heavy atom. The standard InChI is InChI=1S/C14H18N2O2/c1-2-12-3-4-13(18-12)14(17)16-8-10-5-11(9-16)7-15-6-10/h1,3,10-11,13,15H,4-9H2. The molecular weight excluding hydrogens is 228 g/mol. The summed E-state index contributed by atoms with van der Waals surface area (Å²) >= 11 is 0. The van der Waals surface area contributed by atoms with Gasteiger partial charge in [-0.1, -0.05) is 0 Å². The Morgan fingerprint density at radius 1 is 1.44 bits per heavy atom. The number of fused-ring (bicyclic) bond motifs is 2. The Hall–Kier alpha value is -1.47. The van der Waals surface area contributed by atoms with Crippen LogP contribution in [0.1, 0.15) is 12.8 Å². The van der Waals surface area contributed by atoms with Crippen LogP contribution in [-0.4, -0.2) is 43.1 Å². The molecule has 3 aliphatic rings. The third-order valence-electron chi connectivity index (χ3n) is 4.01. The van der Waals surface area contributed by atoms with Gasteiger partial charge in [0, 0.05) is 19.5 Å². The molecule has 2 bridgehead atoms. The van der Waals surface area contributed by atoms with Crippen LogP contribution in [0.5, 0.6) is 0 Å². The molecule has 96 valence electrons. The Kier molecular flexibility index (Phi) is 3.00. The van der Waals surface area contributed by atoms with Crippen LogP contribution in [0, 0.1) is 24.2 Å². The van der Waals surface area contributed by atoms with Crippen LogP contribution in [0.2, 0.25) is 0 Å². The first-order chi connectivity index (χ1) is 8.76. The molecule has 18 heavy (non-hydrogen) atoms. The molecule has 0 radical (unpaired) electrons. The fourth-order valence-corrected chi connectivity index (χ4v) is 3.20. The van der Waals surface area contributed by atoms with Gasteiger partial charge in [-0.05, 0) is 43.3 Å². The number of nitrogens with one attached hydrogen (secondary N) is 1. The lowest BCUT2D eigenvalue weighted by Gasteiger charge is -2.42. The monoisotopic (exact) mass is 246 g/mol. The molecule has 3 heterocycles. The lowest BCUT2D eigenvalue weighted by molar-refractivity contribution is -0.143. The summed E-state index contributed by atoms with van der Waals surface area (Å²) in [5, 5.41) is 3.43. The quantitative estimate of drug-likeness (QED) is 0.679. The van der Waals surface area contributed by atoms with E-state index < -0.39 is 0 Å². The molecule has 1 amide bonds. The van der Waals surface area contributed by atoms with E-state index in [9.17, 15) is 4.79 Å². The van der Waals surface area contributed by atoms with E-state index >= 15 is 0 Å². The molecular formula is C14H18N2O2. The van der Waals surface area contributed by atoms with Crippen molar-refractivity contribution in [2.75, 3.05) is 26.2 Å². The summed E-state index contributed by atoms with van der Waals surface area (Å²) in [5.74, 6) is 4.26. The summed E-state index contributed by atoms with van der Waals surface area (Å²) in [5.41, 5.74) is 0. The van der Waals surface area contributed by atoms with Crippen LogP contribution < -0.4 is 5.32 Å². The number of hydrogen-bond acceptors (Lipinski definition) is 3. The van der Waals surface area contributed by atoms with E-state index in [1.807, 2.05) is 11.0 Å². The SMILES string of the molecule is C#CC1=CCC(C(=O)N2CC3CNCC(C3)C2)O1. The summed E-state index contributed by atoms with van der Waals surface area (Å²) in [7, 11) is 0. The van der Waals surface area contributed by atoms with Gasteiger partial charge in [0.15, 0.2) is 11.9 Å². The highest BCUT2D eigenvalue weighted by molar-refractivity contribution is 5.82. The van der Waals surface area contributed by atoms with Crippen molar-refractivity contribution in [3.8, 4) is 12.3 Å².